The second kappa shape index (κ2) is 7.21. The predicted octanol–water partition coefficient (Wildman–Crippen LogP) is 3.63. The number of anilines is 2. The van der Waals surface area contributed by atoms with Gasteiger partial charge in [0, 0.05) is 24.9 Å². The average molecular weight is 336 g/mol. The van der Waals surface area contributed by atoms with Gasteiger partial charge in [0.05, 0.1) is 12.8 Å². The number of methoxy groups -OCH3 is 1. The van der Waals surface area contributed by atoms with E-state index in [4.69, 9.17) is 0 Å². The molecule has 128 valence electrons. The zero-order valence-corrected chi connectivity index (χ0v) is 14.3. The zero-order chi connectivity index (χ0) is 17.8. The smallest absolute Gasteiger partial charge is 0.330 e. The standard InChI is InChI=1S/C20H20N2O3/c1-15-7-10-17(11-8-15)21-13-14-22(20(21)24)18-6-4-3-5-16(18)9-12-19(23)25-2/h3-12H,13-14H2,1-2H3/b12-9+. The first-order valence-corrected chi connectivity index (χ1v) is 8.11. The number of nitrogens with zero attached hydrogens (tertiary/aromatic N) is 2. The van der Waals surface area contributed by atoms with Gasteiger partial charge in [0.1, 0.15) is 0 Å². The Kier molecular flexibility index (Phi) is 4.84. The van der Waals surface area contributed by atoms with Crippen molar-refractivity contribution in [3.8, 4) is 0 Å². The largest absolute Gasteiger partial charge is 0.466 e. The Labute approximate surface area is 147 Å². The third-order valence-electron chi connectivity index (χ3n) is 4.18. The minimum atomic E-state index is -0.427. The number of rotatable bonds is 4. The van der Waals surface area contributed by atoms with Crippen molar-refractivity contribution in [3.05, 3.63) is 65.7 Å². The molecule has 0 radical (unpaired) electrons. The highest BCUT2D eigenvalue weighted by Crippen LogP contribution is 2.28. The van der Waals surface area contributed by atoms with Crippen molar-refractivity contribution in [2.45, 2.75) is 6.92 Å². The molecule has 2 aromatic rings. The van der Waals surface area contributed by atoms with Gasteiger partial charge in [-0.1, -0.05) is 35.9 Å². The Morgan fingerprint density at radius 1 is 1.04 bits per heavy atom. The number of hydrogen-bond acceptors (Lipinski definition) is 3. The van der Waals surface area contributed by atoms with Crippen LogP contribution >= 0.6 is 0 Å². The van der Waals surface area contributed by atoms with Crippen LogP contribution in [0.4, 0.5) is 16.2 Å². The highest BCUT2D eigenvalue weighted by Gasteiger charge is 2.31. The van der Waals surface area contributed by atoms with Crippen molar-refractivity contribution in [1.82, 2.24) is 0 Å². The Bertz CT molecular complexity index is 812. The number of para-hydroxylation sites is 1. The number of hydrogen-bond donors (Lipinski definition) is 0. The maximum atomic E-state index is 12.9. The van der Waals surface area contributed by atoms with Gasteiger partial charge < -0.3 is 4.74 Å². The third kappa shape index (κ3) is 3.55. The van der Waals surface area contributed by atoms with E-state index in [0.29, 0.717) is 13.1 Å². The summed E-state index contributed by atoms with van der Waals surface area (Å²) in [6.07, 6.45) is 3.03. The van der Waals surface area contributed by atoms with Crippen LogP contribution in [0.25, 0.3) is 6.08 Å². The summed E-state index contributed by atoms with van der Waals surface area (Å²) < 4.78 is 4.63. The normalized spacial score (nSPS) is 14.4. The molecule has 0 aromatic heterocycles. The minimum absolute atomic E-state index is 0.0669. The van der Waals surface area contributed by atoms with Crippen LogP contribution in [0.5, 0.6) is 0 Å². The lowest BCUT2D eigenvalue weighted by Gasteiger charge is -2.20. The topological polar surface area (TPSA) is 49.9 Å². The molecule has 0 bridgehead atoms. The summed E-state index contributed by atoms with van der Waals surface area (Å²) in [6.45, 7) is 3.23. The number of carbonyl (C=O) groups is 2. The molecule has 1 saturated heterocycles. The van der Waals surface area contributed by atoms with Crippen LogP contribution in [-0.4, -0.2) is 32.2 Å². The van der Waals surface area contributed by atoms with Crippen LogP contribution in [0.2, 0.25) is 0 Å². The van der Waals surface area contributed by atoms with Crippen LogP contribution in [0, 0.1) is 6.92 Å². The number of carbonyl (C=O) groups excluding carboxylic acids is 2. The molecule has 5 nitrogen and oxygen atoms in total. The van der Waals surface area contributed by atoms with E-state index in [1.807, 2.05) is 55.5 Å². The molecule has 0 unspecified atom stereocenters. The van der Waals surface area contributed by atoms with E-state index in [9.17, 15) is 9.59 Å². The second-order valence-electron chi connectivity index (χ2n) is 5.84. The van der Waals surface area contributed by atoms with E-state index < -0.39 is 5.97 Å². The van der Waals surface area contributed by atoms with E-state index in [-0.39, 0.29) is 6.03 Å². The summed E-state index contributed by atoms with van der Waals surface area (Å²) in [5.74, 6) is -0.427. The van der Waals surface area contributed by atoms with E-state index >= 15 is 0 Å². The lowest BCUT2D eigenvalue weighted by atomic mass is 10.1. The van der Waals surface area contributed by atoms with Crippen molar-refractivity contribution < 1.29 is 14.3 Å². The lowest BCUT2D eigenvalue weighted by molar-refractivity contribution is -0.134. The van der Waals surface area contributed by atoms with Gasteiger partial charge in [-0.2, -0.15) is 0 Å². The zero-order valence-electron chi connectivity index (χ0n) is 14.3. The van der Waals surface area contributed by atoms with Gasteiger partial charge in [0.25, 0.3) is 0 Å². The SMILES string of the molecule is COC(=O)/C=C/c1ccccc1N1CCN(c2ccc(C)cc2)C1=O. The third-order valence-corrected chi connectivity index (χ3v) is 4.18. The van der Waals surface area contributed by atoms with E-state index in [0.717, 1.165) is 22.5 Å². The second-order valence-corrected chi connectivity index (χ2v) is 5.84. The van der Waals surface area contributed by atoms with Crippen molar-refractivity contribution in [1.29, 1.82) is 0 Å². The first-order chi connectivity index (χ1) is 12.1. The van der Waals surface area contributed by atoms with E-state index in [2.05, 4.69) is 4.74 Å². The number of urea groups is 1. The van der Waals surface area contributed by atoms with E-state index in [1.165, 1.54) is 13.2 Å². The molecule has 0 spiro atoms. The number of amides is 2. The highest BCUT2D eigenvalue weighted by molar-refractivity contribution is 6.07. The summed E-state index contributed by atoms with van der Waals surface area (Å²) in [7, 11) is 1.34. The molecule has 25 heavy (non-hydrogen) atoms. The molecule has 3 rings (SSSR count). The summed E-state index contributed by atoms with van der Waals surface area (Å²) in [6, 6.07) is 15.4. The molecule has 2 amide bonds. The van der Waals surface area contributed by atoms with Crippen LogP contribution in [0.1, 0.15) is 11.1 Å². The van der Waals surface area contributed by atoms with Crippen LogP contribution in [0.15, 0.2) is 54.6 Å². The Morgan fingerprint density at radius 3 is 2.44 bits per heavy atom. The minimum Gasteiger partial charge on any atom is -0.466 e. The summed E-state index contributed by atoms with van der Waals surface area (Å²) >= 11 is 0. The molecule has 1 fully saturated rings. The molecule has 0 N–H and O–H groups in total. The van der Waals surface area contributed by atoms with Gasteiger partial charge in [-0.3, -0.25) is 9.80 Å². The summed E-state index contributed by atoms with van der Waals surface area (Å²) in [4.78, 5) is 27.7. The van der Waals surface area contributed by atoms with Crippen molar-refractivity contribution >= 4 is 29.5 Å². The molecule has 1 heterocycles. The van der Waals surface area contributed by atoms with Gasteiger partial charge >= 0.3 is 12.0 Å². The van der Waals surface area contributed by atoms with Gasteiger partial charge in [-0.05, 0) is 36.8 Å². The van der Waals surface area contributed by atoms with E-state index in [1.54, 1.807) is 15.9 Å². The molecule has 5 heteroatoms. The number of esters is 1. The molecule has 0 atom stereocenters. The van der Waals surface area contributed by atoms with Crippen molar-refractivity contribution in [2.75, 3.05) is 30.0 Å². The number of aryl methyl sites for hydroxylation is 1. The van der Waals surface area contributed by atoms with Gasteiger partial charge in [0.15, 0.2) is 0 Å². The highest BCUT2D eigenvalue weighted by atomic mass is 16.5. The van der Waals surface area contributed by atoms with Crippen LogP contribution in [0.3, 0.4) is 0 Å². The molecule has 2 aromatic carbocycles. The Morgan fingerprint density at radius 2 is 1.72 bits per heavy atom. The predicted molar refractivity (Wildman–Crippen MR) is 98.8 cm³/mol. The summed E-state index contributed by atoms with van der Waals surface area (Å²) in [5.41, 5.74) is 3.63. The van der Waals surface area contributed by atoms with Gasteiger partial charge in [0.2, 0.25) is 0 Å². The monoisotopic (exact) mass is 336 g/mol. The first-order valence-electron chi connectivity index (χ1n) is 8.11. The molecule has 0 saturated carbocycles. The van der Waals surface area contributed by atoms with Gasteiger partial charge in [-0.25, -0.2) is 9.59 Å². The fraction of sp³-hybridized carbons (Fsp3) is 0.200. The maximum Gasteiger partial charge on any atom is 0.330 e. The molecule has 0 aliphatic carbocycles. The fourth-order valence-electron chi connectivity index (χ4n) is 2.82. The quantitative estimate of drug-likeness (QED) is 0.633. The Hall–Kier alpha value is -3.08. The molecular weight excluding hydrogens is 316 g/mol. The average Bonchev–Trinajstić information content (AvgIpc) is 3.02. The van der Waals surface area contributed by atoms with Crippen molar-refractivity contribution in [2.24, 2.45) is 0 Å². The number of benzene rings is 2. The summed E-state index contributed by atoms with van der Waals surface area (Å²) in [5, 5.41) is 0. The lowest BCUT2D eigenvalue weighted by Crippen LogP contribution is -2.32. The molecule has 1 aliphatic heterocycles. The first kappa shape index (κ1) is 16.8. The number of ether oxygens (including phenoxy) is 1. The fourth-order valence-corrected chi connectivity index (χ4v) is 2.82. The molecular formula is C20H20N2O3. The maximum absolute atomic E-state index is 12.9. The van der Waals surface area contributed by atoms with Gasteiger partial charge in [-0.15, -0.1) is 0 Å². The van der Waals surface area contributed by atoms with Crippen molar-refractivity contribution in [3.63, 3.8) is 0 Å². The molecule has 1 aliphatic rings. The van der Waals surface area contributed by atoms with Crippen LogP contribution < -0.4 is 9.80 Å². The van der Waals surface area contributed by atoms with Crippen LogP contribution in [-0.2, 0) is 9.53 Å². The Balaban J connectivity index is 1.86.